The predicted octanol–water partition coefficient (Wildman–Crippen LogP) is 4.80. The van der Waals surface area contributed by atoms with Crippen LogP contribution in [0.1, 0.15) is 44.2 Å². The molecule has 0 aromatic heterocycles. The maximum atomic E-state index is 6.05. The lowest BCUT2D eigenvalue weighted by Gasteiger charge is -2.17. The summed E-state index contributed by atoms with van der Waals surface area (Å²) < 4.78 is 11.5. The first kappa shape index (κ1) is 19.3. The highest BCUT2D eigenvalue weighted by molar-refractivity contribution is 5.34. The molecule has 136 valence electrons. The van der Waals surface area contributed by atoms with Crippen LogP contribution >= 0.6 is 0 Å². The van der Waals surface area contributed by atoms with E-state index in [0.717, 1.165) is 37.6 Å². The number of hydrogen-bond acceptors (Lipinski definition) is 3. The van der Waals surface area contributed by atoms with E-state index < -0.39 is 0 Å². The summed E-state index contributed by atoms with van der Waals surface area (Å²) in [5, 5.41) is 0. The van der Waals surface area contributed by atoms with E-state index in [-0.39, 0.29) is 5.92 Å². The molecule has 0 radical (unpaired) electrons. The zero-order valence-corrected chi connectivity index (χ0v) is 15.7. The molecule has 0 aliphatic carbocycles. The molecule has 0 aliphatic rings. The molecule has 0 amide bonds. The van der Waals surface area contributed by atoms with Crippen molar-refractivity contribution in [3.8, 4) is 11.5 Å². The molecule has 0 aliphatic heterocycles. The molecule has 3 heteroatoms. The standard InChI is InChI=1S/C22H31NO2/c1-4-12-24-22-7-5-6-19(14-22)20(15-23)13-18-8-10-21(11-9-18)25-16-17(2)3/h5-11,14,17,20H,4,12-13,15-16,23H2,1-3H3. The van der Waals surface area contributed by atoms with Crippen molar-refractivity contribution in [2.45, 2.75) is 39.5 Å². The zero-order valence-electron chi connectivity index (χ0n) is 15.7. The highest BCUT2D eigenvalue weighted by Gasteiger charge is 2.12. The molecule has 0 saturated carbocycles. The van der Waals surface area contributed by atoms with Crippen molar-refractivity contribution in [3.63, 3.8) is 0 Å². The minimum Gasteiger partial charge on any atom is -0.494 e. The van der Waals surface area contributed by atoms with Gasteiger partial charge in [0.1, 0.15) is 11.5 Å². The van der Waals surface area contributed by atoms with Crippen molar-refractivity contribution in [1.82, 2.24) is 0 Å². The molecule has 0 bridgehead atoms. The predicted molar refractivity (Wildman–Crippen MR) is 105 cm³/mol. The zero-order chi connectivity index (χ0) is 18.1. The van der Waals surface area contributed by atoms with Crippen LogP contribution in [0, 0.1) is 5.92 Å². The number of hydrogen-bond donors (Lipinski definition) is 1. The molecular weight excluding hydrogens is 310 g/mol. The fourth-order valence-corrected chi connectivity index (χ4v) is 2.68. The summed E-state index contributed by atoms with van der Waals surface area (Å²) in [6, 6.07) is 16.7. The average Bonchev–Trinajstić information content (AvgIpc) is 2.64. The topological polar surface area (TPSA) is 44.5 Å². The molecular formula is C22H31NO2. The number of benzene rings is 2. The molecule has 2 rings (SSSR count). The lowest BCUT2D eigenvalue weighted by atomic mass is 9.92. The van der Waals surface area contributed by atoms with Gasteiger partial charge in [0.25, 0.3) is 0 Å². The summed E-state index contributed by atoms with van der Waals surface area (Å²) >= 11 is 0. The molecule has 2 aromatic carbocycles. The van der Waals surface area contributed by atoms with Crippen molar-refractivity contribution in [2.75, 3.05) is 19.8 Å². The Balaban J connectivity index is 2.01. The number of nitrogens with two attached hydrogens (primary N) is 1. The van der Waals surface area contributed by atoms with Crippen molar-refractivity contribution < 1.29 is 9.47 Å². The van der Waals surface area contributed by atoms with Crippen LogP contribution in [-0.2, 0) is 6.42 Å². The minimum absolute atomic E-state index is 0.285. The molecule has 1 unspecified atom stereocenters. The molecule has 25 heavy (non-hydrogen) atoms. The van der Waals surface area contributed by atoms with E-state index in [2.05, 4.69) is 45.0 Å². The Morgan fingerprint density at radius 2 is 1.72 bits per heavy atom. The van der Waals surface area contributed by atoms with Gasteiger partial charge in [-0.2, -0.15) is 0 Å². The van der Waals surface area contributed by atoms with E-state index in [1.807, 2.05) is 24.3 Å². The fourth-order valence-electron chi connectivity index (χ4n) is 2.68. The molecule has 0 heterocycles. The van der Waals surface area contributed by atoms with Gasteiger partial charge in [0.15, 0.2) is 0 Å². The largest absolute Gasteiger partial charge is 0.494 e. The van der Waals surface area contributed by atoms with Crippen LogP contribution in [0.2, 0.25) is 0 Å². The Hall–Kier alpha value is -2.00. The first-order valence-corrected chi connectivity index (χ1v) is 9.27. The maximum Gasteiger partial charge on any atom is 0.119 e. The van der Waals surface area contributed by atoms with Gasteiger partial charge in [0.05, 0.1) is 13.2 Å². The summed E-state index contributed by atoms with van der Waals surface area (Å²) in [6.45, 7) is 8.52. The Morgan fingerprint density at radius 1 is 0.960 bits per heavy atom. The Morgan fingerprint density at radius 3 is 2.36 bits per heavy atom. The second-order valence-electron chi connectivity index (χ2n) is 6.91. The summed E-state index contributed by atoms with van der Waals surface area (Å²) in [5.41, 5.74) is 8.55. The van der Waals surface area contributed by atoms with Gasteiger partial charge in [-0.15, -0.1) is 0 Å². The second-order valence-corrected chi connectivity index (χ2v) is 6.91. The first-order chi connectivity index (χ1) is 12.1. The summed E-state index contributed by atoms with van der Waals surface area (Å²) in [4.78, 5) is 0. The van der Waals surface area contributed by atoms with Gasteiger partial charge in [-0.3, -0.25) is 0 Å². The van der Waals surface area contributed by atoms with E-state index in [0.29, 0.717) is 12.5 Å². The molecule has 3 nitrogen and oxygen atoms in total. The lowest BCUT2D eigenvalue weighted by Crippen LogP contribution is -2.15. The van der Waals surface area contributed by atoms with Gasteiger partial charge >= 0.3 is 0 Å². The Bertz CT molecular complexity index is 622. The Kier molecular flexibility index (Phi) is 7.80. The fraction of sp³-hybridized carbons (Fsp3) is 0.455. The smallest absolute Gasteiger partial charge is 0.119 e. The van der Waals surface area contributed by atoms with Crippen molar-refractivity contribution in [3.05, 3.63) is 59.7 Å². The van der Waals surface area contributed by atoms with Gasteiger partial charge in [-0.05, 0) is 60.7 Å². The third kappa shape index (κ3) is 6.43. The third-order valence-electron chi connectivity index (χ3n) is 4.08. The van der Waals surface area contributed by atoms with Gasteiger partial charge in [-0.1, -0.05) is 45.0 Å². The first-order valence-electron chi connectivity index (χ1n) is 9.27. The summed E-state index contributed by atoms with van der Waals surface area (Å²) in [6.07, 6.45) is 1.92. The van der Waals surface area contributed by atoms with Gasteiger partial charge in [0.2, 0.25) is 0 Å². The van der Waals surface area contributed by atoms with Crippen LogP contribution in [-0.4, -0.2) is 19.8 Å². The average molecular weight is 341 g/mol. The minimum atomic E-state index is 0.285. The van der Waals surface area contributed by atoms with Crippen LogP contribution in [0.15, 0.2) is 48.5 Å². The van der Waals surface area contributed by atoms with E-state index in [9.17, 15) is 0 Å². The van der Waals surface area contributed by atoms with Crippen LogP contribution in [0.4, 0.5) is 0 Å². The number of ether oxygens (including phenoxy) is 2. The van der Waals surface area contributed by atoms with Crippen molar-refractivity contribution >= 4 is 0 Å². The molecule has 1 atom stereocenters. The monoisotopic (exact) mass is 341 g/mol. The lowest BCUT2D eigenvalue weighted by molar-refractivity contribution is 0.271. The van der Waals surface area contributed by atoms with Gasteiger partial charge in [-0.25, -0.2) is 0 Å². The van der Waals surface area contributed by atoms with Crippen LogP contribution in [0.5, 0.6) is 11.5 Å². The van der Waals surface area contributed by atoms with Gasteiger partial charge < -0.3 is 15.2 Å². The van der Waals surface area contributed by atoms with E-state index in [1.54, 1.807) is 0 Å². The van der Waals surface area contributed by atoms with E-state index in [1.165, 1.54) is 11.1 Å². The molecule has 0 spiro atoms. The maximum absolute atomic E-state index is 6.05. The van der Waals surface area contributed by atoms with Gasteiger partial charge in [0, 0.05) is 5.92 Å². The summed E-state index contributed by atoms with van der Waals surface area (Å²) in [7, 11) is 0. The Labute approximate surface area is 152 Å². The van der Waals surface area contributed by atoms with Crippen LogP contribution in [0.25, 0.3) is 0 Å². The SMILES string of the molecule is CCCOc1cccc(C(CN)Cc2ccc(OCC(C)C)cc2)c1. The van der Waals surface area contributed by atoms with Crippen molar-refractivity contribution in [2.24, 2.45) is 11.7 Å². The number of rotatable bonds is 10. The molecule has 2 aromatic rings. The van der Waals surface area contributed by atoms with Crippen LogP contribution < -0.4 is 15.2 Å². The summed E-state index contributed by atoms with van der Waals surface area (Å²) in [5.74, 6) is 2.67. The highest BCUT2D eigenvalue weighted by atomic mass is 16.5. The highest BCUT2D eigenvalue weighted by Crippen LogP contribution is 2.25. The normalized spacial score (nSPS) is 12.2. The van der Waals surface area contributed by atoms with E-state index in [4.69, 9.17) is 15.2 Å². The van der Waals surface area contributed by atoms with Crippen molar-refractivity contribution in [1.29, 1.82) is 0 Å². The van der Waals surface area contributed by atoms with Crippen LogP contribution in [0.3, 0.4) is 0 Å². The van der Waals surface area contributed by atoms with E-state index >= 15 is 0 Å². The third-order valence-corrected chi connectivity index (χ3v) is 4.08. The molecule has 0 fully saturated rings. The molecule has 2 N–H and O–H groups in total. The quantitative estimate of drug-likeness (QED) is 0.675. The molecule has 0 saturated heterocycles. The second kappa shape index (κ2) is 10.1.